The number of likely N-dealkylation sites (tertiary alicyclic amines) is 1. The lowest BCUT2D eigenvalue weighted by molar-refractivity contribution is -0.142. The Bertz CT molecular complexity index is 410. The van der Waals surface area contributed by atoms with Crippen LogP contribution in [-0.4, -0.2) is 54.4 Å². The average molecular weight is 296 g/mol. The van der Waals surface area contributed by atoms with Crippen molar-refractivity contribution in [3.63, 3.8) is 0 Å². The van der Waals surface area contributed by atoms with Gasteiger partial charge < -0.3 is 20.1 Å². The van der Waals surface area contributed by atoms with Gasteiger partial charge in [-0.3, -0.25) is 0 Å². The zero-order valence-electron chi connectivity index (χ0n) is 12.3. The molecule has 0 aromatic rings. The molecule has 0 spiro atoms. The van der Waals surface area contributed by atoms with Gasteiger partial charge in [-0.05, 0) is 43.4 Å². The lowest BCUT2D eigenvalue weighted by Crippen LogP contribution is -2.48. The Morgan fingerprint density at radius 1 is 1.24 bits per heavy atom. The van der Waals surface area contributed by atoms with Crippen molar-refractivity contribution in [1.82, 2.24) is 10.2 Å². The highest BCUT2D eigenvalue weighted by atomic mass is 16.5. The van der Waals surface area contributed by atoms with Crippen molar-refractivity contribution in [2.45, 2.75) is 38.1 Å². The van der Waals surface area contributed by atoms with Gasteiger partial charge in [0.25, 0.3) is 0 Å². The van der Waals surface area contributed by atoms with Crippen molar-refractivity contribution in [2.24, 2.45) is 17.8 Å². The molecule has 0 aromatic carbocycles. The molecule has 2 amide bonds. The topological polar surface area (TPSA) is 78.9 Å². The van der Waals surface area contributed by atoms with Crippen LogP contribution in [0.2, 0.25) is 0 Å². The van der Waals surface area contributed by atoms with Crippen LogP contribution in [0.4, 0.5) is 4.79 Å². The van der Waals surface area contributed by atoms with Gasteiger partial charge in [0.2, 0.25) is 0 Å². The molecular formula is C15H24N2O4. The van der Waals surface area contributed by atoms with Crippen LogP contribution in [0.3, 0.4) is 0 Å². The molecule has 3 atom stereocenters. The molecule has 6 nitrogen and oxygen atoms in total. The summed E-state index contributed by atoms with van der Waals surface area (Å²) in [5, 5.41) is 12.2. The van der Waals surface area contributed by atoms with E-state index in [0.717, 1.165) is 31.8 Å². The number of ether oxygens (including phenoxy) is 1. The summed E-state index contributed by atoms with van der Waals surface area (Å²) in [6.45, 7) is 2.31. The van der Waals surface area contributed by atoms with E-state index in [4.69, 9.17) is 4.74 Å². The quantitative estimate of drug-likeness (QED) is 0.724. The molecule has 2 N–H and O–H groups in total. The van der Waals surface area contributed by atoms with Crippen LogP contribution in [0.25, 0.3) is 0 Å². The molecule has 21 heavy (non-hydrogen) atoms. The first kappa shape index (κ1) is 14.6. The van der Waals surface area contributed by atoms with Crippen molar-refractivity contribution in [3.8, 4) is 0 Å². The highest BCUT2D eigenvalue weighted by molar-refractivity contribution is 5.83. The average Bonchev–Trinajstić information content (AvgIpc) is 3.02. The number of nitrogens with zero attached hydrogens (tertiary/aromatic N) is 1. The number of fused-ring (bicyclic) bond motifs is 1. The molecule has 1 heterocycles. The third-order valence-electron chi connectivity index (χ3n) is 4.98. The number of carboxylic acid groups (broad SMARTS) is 1. The summed E-state index contributed by atoms with van der Waals surface area (Å²) < 4.78 is 5.47. The van der Waals surface area contributed by atoms with Crippen LogP contribution in [0.15, 0.2) is 0 Å². The fourth-order valence-corrected chi connectivity index (χ4v) is 3.70. The second-order valence-electron chi connectivity index (χ2n) is 6.54. The summed E-state index contributed by atoms with van der Waals surface area (Å²) in [5.41, 5.74) is 0. The van der Waals surface area contributed by atoms with Gasteiger partial charge in [0.05, 0.1) is 6.61 Å². The highest BCUT2D eigenvalue weighted by Crippen LogP contribution is 2.42. The Labute approximate surface area is 124 Å². The second-order valence-corrected chi connectivity index (χ2v) is 6.54. The fraction of sp³-hybridized carbons (Fsp3) is 0.867. The number of hydrogen-bond acceptors (Lipinski definition) is 3. The SMILES string of the molecule is O=C(O)C1C2CCCC2CN1C(=O)NCCOCC1CC1. The van der Waals surface area contributed by atoms with Crippen molar-refractivity contribution in [2.75, 3.05) is 26.3 Å². The molecule has 118 valence electrons. The number of carboxylic acids is 1. The maximum absolute atomic E-state index is 12.2. The molecule has 1 saturated heterocycles. The van der Waals surface area contributed by atoms with E-state index in [1.807, 2.05) is 0 Å². The third kappa shape index (κ3) is 3.31. The number of carbonyl (C=O) groups is 2. The molecule has 3 aliphatic rings. The van der Waals surface area contributed by atoms with Gasteiger partial charge in [0, 0.05) is 19.7 Å². The largest absolute Gasteiger partial charge is 0.480 e. The Kier molecular flexibility index (Phi) is 4.33. The number of carbonyl (C=O) groups excluding carboxylic acids is 1. The number of aliphatic carboxylic acids is 1. The Morgan fingerprint density at radius 3 is 2.76 bits per heavy atom. The van der Waals surface area contributed by atoms with Gasteiger partial charge in [-0.2, -0.15) is 0 Å². The molecule has 2 saturated carbocycles. The maximum Gasteiger partial charge on any atom is 0.326 e. The van der Waals surface area contributed by atoms with E-state index in [0.29, 0.717) is 25.6 Å². The summed E-state index contributed by atoms with van der Waals surface area (Å²) >= 11 is 0. The zero-order valence-corrected chi connectivity index (χ0v) is 12.3. The maximum atomic E-state index is 12.2. The molecule has 1 aliphatic heterocycles. The zero-order chi connectivity index (χ0) is 14.8. The molecule has 0 radical (unpaired) electrons. The first-order chi connectivity index (χ1) is 10.2. The highest BCUT2D eigenvalue weighted by Gasteiger charge is 2.49. The molecule has 3 unspecified atom stereocenters. The van der Waals surface area contributed by atoms with Gasteiger partial charge in [0.1, 0.15) is 6.04 Å². The summed E-state index contributed by atoms with van der Waals surface area (Å²) in [6.07, 6.45) is 5.56. The molecule has 0 bridgehead atoms. The second kappa shape index (κ2) is 6.22. The Balaban J connectivity index is 1.45. The minimum absolute atomic E-state index is 0.138. The van der Waals surface area contributed by atoms with Crippen LogP contribution < -0.4 is 5.32 Å². The number of amides is 2. The number of rotatable bonds is 6. The predicted molar refractivity (Wildman–Crippen MR) is 75.9 cm³/mol. The number of hydrogen-bond donors (Lipinski definition) is 2. The third-order valence-corrected chi connectivity index (χ3v) is 4.98. The van der Waals surface area contributed by atoms with Crippen molar-refractivity contribution < 1.29 is 19.4 Å². The minimum atomic E-state index is -0.871. The van der Waals surface area contributed by atoms with E-state index < -0.39 is 12.0 Å². The van der Waals surface area contributed by atoms with Crippen molar-refractivity contribution >= 4 is 12.0 Å². The van der Waals surface area contributed by atoms with Gasteiger partial charge in [-0.25, -0.2) is 9.59 Å². The Morgan fingerprint density at radius 2 is 2.05 bits per heavy atom. The van der Waals surface area contributed by atoms with Gasteiger partial charge in [-0.1, -0.05) is 6.42 Å². The molecule has 3 rings (SSSR count). The minimum Gasteiger partial charge on any atom is -0.480 e. The fourth-order valence-electron chi connectivity index (χ4n) is 3.70. The summed E-state index contributed by atoms with van der Waals surface area (Å²) in [4.78, 5) is 25.2. The molecule has 6 heteroatoms. The molecular weight excluding hydrogens is 272 g/mol. The first-order valence-electron chi connectivity index (χ1n) is 8.02. The normalized spacial score (nSPS) is 31.2. The first-order valence-corrected chi connectivity index (χ1v) is 8.02. The predicted octanol–water partition coefficient (Wildman–Crippen LogP) is 1.31. The standard InChI is InChI=1S/C15H24N2O4/c18-14(19)13-12-3-1-2-11(12)8-17(13)15(20)16-6-7-21-9-10-4-5-10/h10-13H,1-9H2,(H,16,20)(H,18,19). The Hall–Kier alpha value is -1.30. The molecule has 3 fully saturated rings. The number of urea groups is 1. The van der Waals surface area contributed by atoms with E-state index >= 15 is 0 Å². The van der Waals surface area contributed by atoms with Crippen LogP contribution in [0.5, 0.6) is 0 Å². The smallest absolute Gasteiger partial charge is 0.326 e. The van der Waals surface area contributed by atoms with E-state index in [2.05, 4.69) is 5.32 Å². The number of nitrogens with one attached hydrogen (secondary N) is 1. The summed E-state index contributed by atoms with van der Waals surface area (Å²) in [5.74, 6) is 0.349. The lowest BCUT2D eigenvalue weighted by atomic mass is 9.94. The van der Waals surface area contributed by atoms with Crippen LogP contribution in [0, 0.1) is 17.8 Å². The molecule has 2 aliphatic carbocycles. The van der Waals surface area contributed by atoms with Crippen LogP contribution in [0.1, 0.15) is 32.1 Å². The summed E-state index contributed by atoms with van der Waals surface area (Å²) in [6, 6.07) is -0.906. The van der Waals surface area contributed by atoms with Gasteiger partial charge >= 0.3 is 12.0 Å². The van der Waals surface area contributed by atoms with E-state index in [1.54, 1.807) is 0 Å². The van der Waals surface area contributed by atoms with Gasteiger partial charge in [0.15, 0.2) is 0 Å². The summed E-state index contributed by atoms with van der Waals surface area (Å²) in [7, 11) is 0. The monoisotopic (exact) mass is 296 g/mol. The van der Waals surface area contributed by atoms with Crippen LogP contribution >= 0.6 is 0 Å². The van der Waals surface area contributed by atoms with Gasteiger partial charge in [-0.15, -0.1) is 0 Å². The van der Waals surface area contributed by atoms with E-state index in [1.165, 1.54) is 17.7 Å². The van der Waals surface area contributed by atoms with E-state index in [9.17, 15) is 14.7 Å². The van der Waals surface area contributed by atoms with Crippen LogP contribution in [-0.2, 0) is 9.53 Å². The van der Waals surface area contributed by atoms with Crippen molar-refractivity contribution in [3.05, 3.63) is 0 Å². The molecule has 0 aromatic heterocycles. The van der Waals surface area contributed by atoms with Crippen molar-refractivity contribution in [1.29, 1.82) is 0 Å². The lowest BCUT2D eigenvalue weighted by Gasteiger charge is -2.24. The van der Waals surface area contributed by atoms with E-state index in [-0.39, 0.29) is 11.9 Å².